The lowest BCUT2D eigenvalue weighted by Gasteiger charge is -2.09. The van der Waals surface area contributed by atoms with Crippen molar-refractivity contribution in [3.63, 3.8) is 0 Å². The third kappa shape index (κ3) is 3.67. The molecule has 3 aromatic rings. The summed E-state index contributed by atoms with van der Waals surface area (Å²) in [6.45, 7) is 4.06. The number of methoxy groups -OCH3 is 1. The van der Waals surface area contributed by atoms with Crippen LogP contribution in [0.1, 0.15) is 21.6 Å². The fraction of sp³-hybridized carbons (Fsp3) is 0.158. The molecule has 0 bridgehead atoms. The maximum atomic E-state index is 12.4. The van der Waals surface area contributed by atoms with E-state index in [2.05, 4.69) is 10.5 Å². The van der Waals surface area contributed by atoms with Gasteiger partial charge in [0.25, 0.3) is 5.91 Å². The molecule has 0 aliphatic carbocycles. The molecule has 0 atom stereocenters. The Morgan fingerprint density at radius 2 is 1.92 bits per heavy atom. The first kappa shape index (κ1) is 17.0. The van der Waals surface area contributed by atoms with E-state index in [0.717, 1.165) is 11.1 Å². The van der Waals surface area contributed by atoms with Crippen LogP contribution in [0.3, 0.4) is 0 Å². The second-order valence-corrected chi connectivity index (χ2v) is 6.11. The van der Waals surface area contributed by atoms with Gasteiger partial charge in [-0.05, 0) is 49.2 Å². The van der Waals surface area contributed by atoms with Crippen molar-refractivity contribution in [2.45, 2.75) is 13.8 Å². The van der Waals surface area contributed by atoms with E-state index in [1.54, 1.807) is 24.3 Å². The lowest BCUT2D eigenvalue weighted by molar-refractivity contribution is 0.101. The molecule has 0 unspecified atom stereocenters. The molecule has 2 aromatic carbocycles. The molecule has 0 saturated carbocycles. The van der Waals surface area contributed by atoms with Gasteiger partial charge in [0.1, 0.15) is 5.75 Å². The van der Waals surface area contributed by atoms with E-state index in [0.29, 0.717) is 22.2 Å². The van der Waals surface area contributed by atoms with Gasteiger partial charge in [-0.3, -0.25) is 4.79 Å². The monoisotopic (exact) mass is 356 g/mol. The molecule has 5 nitrogen and oxygen atoms in total. The Bertz CT molecular complexity index is 934. The van der Waals surface area contributed by atoms with Crippen molar-refractivity contribution >= 4 is 23.2 Å². The summed E-state index contributed by atoms with van der Waals surface area (Å²) in [4.78, 5) is 12.4. The van der Waals surface area contributed by atoms with Gasteiger partial charge in [0.05, 0.1) is 12.8 Å². The molecule has 0 fully saturated rings. The second kappa shape index (κ2) is 6.99. The molecule has 0 saturated heterocycles. The number of ether oxygens (including phenoxy) is 1. The standard InChI is InChI=1S/C19H17ClN2O3/c1-11-4-5-13(8-12(11)2)18-10-16(22-25-18)19(23)21-15-9-14(20)6-7-17(15)24-3/h4-10H,1-3H3,(H,21,23). The Morgan fingerprint density at radius 1 is 1.12 bits per heavy atom. The molecule has 6 heteroatoms. The van der Waals surface area contributed by atoms with Crippen LogP contribution in [-0.2, 0) is 0 Å². The van der Waals surface area contributed by atoms with Crippen molar-refractivity contribution < 1.29 is 14.1 Å². The zero-order valence-electron chi connectivity index (χ0n) is 14.1. The molecular formula is C19H17ClN2O3. The maximum absolute atomic E-state index is 12.4. The molecule has 0 spiro atoms. The summed E-state index contributed by atoms with van der Waals surface area (Å²) < 4.78 is 10.5. The summed E-state index contributed by atoms with van der Waals surface area (Å²) in [5.74, 6) is 0.640. The Morgan fingerprint density at radius 3 is 2.64 bits per heavy atom. The average molecular weight is 357 g/mol. The third-order valence-corrected chi connectivity index (χ3v) is 4.18. The summed E-state index contributed by atoms with van der Waals surface area (Å²) in [5, 5.41) is 7.08. The van der Waals surface area contributed by atoms with Crippen LogP contribution >= 0.6 is 11.6 Å². The molecule has 25 heavy (non-hydrogen) atoms. The van der Waals surface area contributed by atoms with Gasteiger partial charge < -0.3 is 14.6 Å². The van der Waals surface area contributed by atoms with E-state index >= 15 is 0 Å². The minimum atomic E-state index is -0.403. The molecule has 1 aromatic heterocycles. The zero-order chi connectivity index (χ0) is 18.0. The van der Waals surface area contributed by atoms with E-state index in [1.807, 2.05) is 32.0 Å². The van der Waals surface area contributed by atoms with Crippen LogP contribution in [0.4, 0.5) is 5.69 Å². The van der Waals surface area contributed by atoms with E-state index < -0.39 is 5.91 Å². The highest BCUT2D eigenvalue weighted by molar-refractivity contribution is 6.31. The number of hydrogen-bond acceptors (Lipinski definition) is 4. The maximum Gasteiger partial charge on any atom is 0.277 e. The molecule has 3 rings (SSSR count). The first-order valence-corrected chi connectivity index (χ1v) is 8.05. The van der Waals surface area contributed by atoms with Crippen molar-refractivity contribution in [3.8, 4) is 17.1 Å². The summed E-state index contributed by atoms with van der Waals surface area (Å²) in [7, 11) is 1.52. The van der Waals surface area contributed by atoms with Crippen molar-refractivity contribution in [2.75, 3.05) is 12.4 Å². The molecule has 1 heterocycles. The molecule has 0 aliphatic heterocycles. The SMILES string of the molecule is COc1ccc(Cl)cc1NC(=O)c1cc(-c2ccc(C)c(C)c2)on1. The van der Waals surface area contributed by atoms with Gasteiger partial charge >= 0.3 is 0 Å². The van der Waals surface area contributed by atoms with Gasteiger partial charge in [0.2, 0.25) is 0 Å². The number of anilines is 1. The fourth-order valence-corrected chi connectivity index (χ4v) is 2.55. The number of nitrogens with one attached hydrogen (secondary N) is 1. The second-order valence-electron chi connectivity index (χ2n) is 5.67. The van der Waals surface area contributed by atoms with Crippen molar-refractivity contribution in [1.29, 1.82) is 0 Å². The largest absolute Gasteiger partial charge is 0.495 e. The molecule has 0 radical (unpaired) electrons. The summed E-state index contributed by atoms with van der Waals surface area (Å²) in [6.07, 6.45) is 0. The number of halogens is 1. The van der Waals surface area contributed by atoms with Gasteiger partial charge in [-0.25, -0.2) is 0 Å². The van der Waals surface area contributed by atoms with Crippen LogP contribution in [0.2, 0.25) is 5.02 Å². The van der Waals surface area contributed by atoms with Crippen LogP contribution in [0.15, 0.2) is 47.0 Å². The summed E-state index contributed by atoms with van der Waals surface area (Å²) >= 11 is 5.97. The van der Waals surface area contributed by atoms with Crippen LogP contribution in [0, 0.1) is 13.8 Å². The minimum Gasteiger partial charge on any atom is -0.495 e. The lowest BCUT2D eigenvalue weighted by atomic mass is 10.0. The molecular weight excluding hydrogens is 340 g/mol. The van der Waals surface area contributed by atoms with Gasteiger partial charge in [-0.15, -0.1) is 0 Å². The number of aromatic nitrogens is 1. The molecule has 1 N–H and O–H groups in total. The number of carbonyl (C=O) groups is 1. The van der Waals surface area contributed by atoms with E-state index in [1.165, 1.54) is 12.7 Å². The smallest absolute Gasteiger partial charge is 0.277 e. The normalized spacial score (nSPS) is 10.6. The highest BCUT2D eigenvalue weighted by atomic mass is 35.5. The lowest BCUT2D eigenvalue weighted by Crippen LogP contribution is -2.12. The van der Waals surface area contributed by atoms with Crippen molar-refractivity contribution in [3.05, 3.63) is 64.3 Å². The Balaban J connectivity index is 1.83. The predicted molar refractivity (Wildman–Crippen MR) is 97.4 cm³/mol. The summed E-state index contributed by atoms with van der Waals surface area (Å²) in [5.41, 5.74) is 3.85. The predicted octanol–water partition coefficient (Wildman–Crippen LogP) is 4.87. The fourth-order valence-electron chi connectivity index (χ4n) is 2.38. The number of nitrogens with zero attached hydrogens (tertiary/aromatic N) is 1. The Kier molecular flexibility index (Phi) is 4.76. The quantitative estimate of drug-likeness (QED) is 0.724. The number of rotatable bonds is 4. The van der Waals surface area contributed by atoms with Crippen LogP contribution < -0.4 is 10.1 Å². The van der Waals surface area contributed by atoms with E-state index in [-0.39, 0.29) is 5.69 Å². The van der Waals surface area contributed by atoms with Crippen LogP contribution in [-0.4, -0.2) is 18.2 Å². The minimum absolute atomic E-state index is 0.176. The number of hydrogen-bond donors (Lipinski definition) is 1. The highest BCUT2D eigenvalue weighted by Crippen LogP contribution is 2.28. The van der Waals surface area contributed by atoms with Crippen LogP contribution in [0.25, 0.3) is 11.3 Å². The number of amides is 1. The first-order chi connectivity index (χ1) is 12.0. The zero-order valence-corrected chi connectivity index (χ0v) is 14.8. The number of aryl methyl sites for hydroxylation is 2. The van der Waals surface area contributed by atoms with Gasteiger partial charge in [0, 0.05) is 16.7 Å². The van der Waals surface area contributed by atoms with Gasteiger partial charge in [-0.1, -0.05) is 28.9 Å². The highest BCUT2D eigenvalue weighted by Gasteiger charge is 2.16. The van der Waals surface area contributed by atoms with Gasteiger partial charge in [-0.2, -0.15) is 0 Å². The van der Waals surface area contributed by atoms with Crippen LogP contribution in [0.5, 0.6) is 5.75 Å². The Hall–Kier alpha value is -2.79. The number of carbonyl (C=O) groups excluding carboxylic acids is 1. The van der Waals surface area contributed by atoms with E-state index in [9.17, 15) is 4.79 Å². The van der Waals surface area contributed by atoms with Crippen molar-refractivity contribution in [1.82, 2.24) is 5.16 Å². The van der Waals surface area contributed by atoms with E-state index in [4.69, 9.17) is 20.9 Å². The average Bonchev–Trinajstić information content (AvgIpc) is 3.08. The summed E-state index contributed by atoms with van der Waals surface area (Å²) in [6, 6.07) is 12.5. The van der Waals surface area contributed by atoms with Crippen molar-refractivity contribution in [2.24, 2.45) is 0 Å². The topological polar surface area (TPSA) is 64.4 Å². The Labute approximate surface area is 150 Å². The molecule has 1 amide bonds. The number of benzene rings is 2. The third-order valence-electron chi connectivity index (χ3n) is 3.94. The first-order valence-electron chi connectivity index (χ1n) is 7.67. The van der Waals surface area contributed by atoms with Gasteiger partial charge in [0.15, 0.2) is 11.5 Å². The molecule has 0 aliphatic rings. The molecule has 128 valence electrons.